The molecule has 6 unspecified atom stereocenters. The number of hydrogen-bond acceptors (Lipinski definition) is 35. The molecule has 1 aromatic rings. The number of ketones is 2. The number of carbonyl (C=O) groups is 10. The van der Waals surface area contributed by atoms with Crippen LogP contribution in [0.2, 0.25) is 0 Å². The Morgan fingerprint density at radius 2 is 0.850 bits per heavy atom. The summed E-state index contributed by atoms with van der Waals surface area (Å²) in [4.78, 5) is 144. The van der Waals surface area contributed by atoms with Crippen molar-refractivity contribution >= 4 is 65.4 Å². The van der Waals surface area contributed by atoms with Crippen molar-refractivity contribution in [3.05, 3.63) is 57.0 Å². The molecule has 6 aliphatic heterocycles. The van der Waals surface area contributed by atoms with E-state index < -0.39 is 206 Å². The van der Waals surface area contributed by atoms with E-state index in [0.29, 0.717) is 43.4 Å². The molecule has 14 aliphatic rings. The zero-order chi connectivity index (χ0) is 101. The second-order valence-corrected chi connectivity index (χ2v) is 42.8. The van der Waals surface area contributed by atoms with E-state index in [-0.39, 0.29) is 107 Å². The van der Waals surface area contributed by atoms with Gasteiger partial charge in [-0.1, -0.05) is 220 Å². The number of ether oxygens (including phenoxy) is 16. The maximum atomic E-state index is 14.1. The van der Waals surface area contributed by atoms with Gasteiger partial charge in [-0.15, -0.1) is 0 Å². The van der Waals surface area contributed by atoms with Crippen LogP contribution in [-0.4, -0.2) is 250 Å². The van der Waals surface area contributed by atoms with Crippen molar-refractivity contribution in [3.8, 4) is 5.75 Å². The zero-order valence-corrected chi connectivity index (χ0v) is 83.1. The number of nitro groups is 1. The number of hydrogen-bond donors (Lipinski definition) is 7. The number of Topliss-reactive ketones (excluding diaryl/α,β-unsaturated/α-hetero) is 2. The van der Waals surface area contributed by atoms with Crippen LogP contribution in [0, 0.1) is 67.3 Å². The fourth-order valence-electron chi connectivity index (χ4n) is 26.9. The van der Waals surface area contributed by atoms with E-state index in [1.54, 1.807) is 27.7 Å². The molecule has 6 saturated carbocycles. The highest BCUT2D eigenvalue weighted by Gasteiger charge is 2.87. The molecule has 0 amide bonds. The lowest BCUT2D eigenvalue weighted by atomic mass is 9.38. The Balaban J connectivity index is 0.000000189. The molecule has 784 valence electrons. The minimum Gasteiger partial charge on any atom is -0.504 e. The van der Waals surface area contributed by atoms with Crippen LogP contribution in [0.25, 0.3) is 0 Å². The molecule has 4 bridgehead atoms. The lowest BCUT2D eigenvalue weighted by molar-refractivity contribution is -0.384. The molecular weight excluding hydrogens is 1820 g/mol. The van der Waals surface area contributed by atoms with Crippen LogP contribution >= 0.6 is 0 Å². The molecule has 36 nitrogen and oxygen atoms in total. The summed E-state index contributed by atoms with van der Waals surface area (Å²) in [5.74, 6) is -13.1. The number of benzene rings is 1. The number of nitro benzene ring substituents is 1. The molecule has 36 heteroatoms. The molecule has 6 saturated heterocycles. The average Bonchev–Trinajstić information content (AvgIpc) is 1.47. The third-order valence-corrected chi connectivity index (χ3v) is 33.6. The van der Waals surface area contributed by atoms with E-state index in [0.717, 1.165) is 84.8 Å². The van der Waals surface area contributed by atoms with E-state index in [1.807, 2.05) is 0 Å². The molecule has 0 aromatic heterocycles. The Kier molecular flexibility index (Phi) is 37.5. The Hall–Kier alpha value is -7.88. The van der Waals surface area contributed by atoms with Crippen molar-refractivity contribution in [1.82, 2.24) is 0 Å². The van der Waals surface area contributed by atoms with Crippen LogP contribution in [0.3, 0.4) is 0 Å². The number of aliphatic hydroxyl groups is 7. The summed E-state index contributed by atoms with van der Waals surface area (Å²) in [5, 5.41) is 90.8. The van der Waals surface area contributed by atoms with Crippen molar-refractivity contribution in [1.29, 1.82) is 0 Å². The zero-order valence-electron chi connectivity index (χ0n) is 83.1. The summed E-state index contributed by atoms with van der Waals surface area (Å²) in [6.45, 7) is 11.3. The van der Waals surface area contributed by atoms with Gasteiger partial charge in [0.25, 0.3) is 5.69 Å². The maximum absolute atomic E-state index is 14.1. The highest BCUT2D eigenvalue weighted by atomic mass is 16.8. The summed E-state index contributed by atoms with van der Waals surface area (Å²) >= 11 is 0. The Morgan fingerprint density at radius 1 is 0.486 bits per heavy atom. The standard InChI is InChI=1S/C49H74O16.C29H38O12.C26H41NO7/c1-5-6-7-8-9-10-11-12-13-14-15-16-18-21-36-59-27-31(62-36)28-60-45(56)65-38-30(2)32-24-34-48-29-61-49(44(55)58-4,42(53)37(52)40(48)46(32,3)25-33(38)50)41(48)39(43(54)63-34)64-35(51)26-47(57)22-19-17-20-23-47;1-13-14-9-16-28-12-39-29(25(36)38-3,23(34)19(33)21(28)26(14,2)10-15(30)18(13)32)22(28)20(24(35)40-16)41-17(31)11-27(37)7-5-4-6-8-27;1-2-3-4-5-6-7-8-9-10-11-12-13-14-15-25-31-20-24(33-25)21-32-26(28)34-23-18-16-22(17-19-23)27(29)30/h31-32,34,36-37,39-42,52-53,57H,5-29H2,1-4H3;14,16,19-23,32-34,37H,4-12H2,1-3H3;16-19,24-25H,2-15,20-21H2,1H3/t31?,32-,34+,36?,37+,39?,40+,41+,42-,46-,48+,49-;14-,16+,19+,20?,21+,22+,23-,26-,28+,29-;/m00./s1. The third kappa shape index (κ3) is 23.1. The molecule has 8 aliphatic carbocycles. The van der Waals surface area contributed by atoms with E-state index in [1.165, 1.54) is 172 Å². The van der Waals surface area contributed by atoms with Crippen LogP contribution in [0.4, 0.5) is 15.3 Å². The monoisotopic (exact) mass is 1980 g/mol. The lowest BCUT2D eigenvalue weighted by Crippen LogP contribution is -2.79. The number of non-ortho nitro benzene ring substituents is 1. The molecule has 24 atom stereocenters. The van der Waals surface area contributed by atoms with Gasteiger partial charge in [-0.3, -0.25) is 29.3 Å². The summed E-state index contributed by atoms with van der Waals surface area (Å²) in [7, 11) is 2.17. The first-order valence-corrected chi connectivity index (χ1v) is 52.1. The van der Waals surface area contributed by atoms with Gasteiger partial charge in [0.05, 0.1) is 93.7 Å². The molecule has 7 N–H and O–H groups in total. The smallest absolute Gasteiger partial charge is 0.504 e. The number of fused-ring (bicyclic) bond motifs is 4. The summed E-state index contributed by atoms with van der Waals surface area (Å²) in [6, 6.07) is 5.22. The summed E-state index contributed by atoms with van der Waals surface area (Å²) < 4.78 is 90.5. The van der Waals surface area contributed by atoms with E-state index in [2.05, 4.69) is 13.8 Å². The number of allylic oxidation sites excluding steroid dienone is 4. The van der Waals surface area contributed by atoms with E-state index in [9.17, 15) is 93.8 Å². The first kappa shape index (κ1) is 109. The van der Waals surface area contributed by atoms with Crippen LogP contribution in [0.5, 0.6) is 5.75 Å². The van der Waals surface area contributed by atoms with Gasteiger partial charge in [-0.2, -0.15) is 0 Å². The predicted octanol–water partition coefficient (Wildman–Crippen LogP) is 14.4. The van der Waals surface area contributed by atoms with Crippen molar-refractivity contribution < 1.29 is 164 Å². The van der Waals surface area contributed by atoms with Gasteiger partial charge in [0.15, 0.2) is 35.7 Å². The van der Waals surface area contributed by atoms with Gasteiger partial charge >= 0.3 is 48.1 Å². The van der Waals surface area contributed by atoms with Crippen molar-refractivity contribution in [2.24, 2.45) is 57.2 Å². The average molecular weight is 1980 g/mol. The van der Waals surface area contributed by atoms with E-state index >= 15 is 0 Å². The summed E-state index contributed by atoms with van der Waals surface area (Å²) in [5.41, 5.74) is -11.5. The van der Waals surface area contributed by atoms with Gasteiger partial charge in [0.1, 0.15) is 55.6 Å². The number of nitrogens with zero attached hydrogens (tertiary/aromatic N) is 1. The van der Waals surface area contributed by atoms with Gasteiger partial charge in [0.2, 0.25) is 23.4 Å². The number of aliphatic hydroxyl groups excluding tert-OH is 5. The van der Waals surface area contributed by atoms with Gasteiger partial charge in [-0.05, 0) is 124 Å². The molecular formula is C104H153NO35. The highest BCUT2D eigenvalue weighted by Crippen LogP contribution is 2.75. The van der Waals surface area contributed by atoms with Gasteiger partial charge in [-0.25, -0.2) is 28.8 Å². The Labute approximate surface area is 819 Å². The second-order valence-electron chi connectivity index (χ2n) is 42.8. The van der Waals surface area contributed by atoms with Crippen LogP contribution in [0.15, 0.2) is 46.9 Å². The number of methoxy groups -OCH3 is 2. The molecule has 12 fully saturated rings. The highest BCUT2D eigenvalue weighted by molar-refractivity contribution is 5.98. The number of unbranched alkanes of at least 4 members (excludes halogenated alkanes) is 24. The second kappa shape index (κ2) is 48.0. The largest absolute Gasteiger partial charge is 0.514 e. The Bertz CT molecular complexity index is 4520. The molecule has 6 heterocycles. The minimum atomic E-state index is -2.33. The third-order valence-electron chi connectivity index (χ3n) is 33.6. The maximum Gasteiger partial charge on any atom is 0.514 e. The lowest BCUT2D eigenvalue weighted by Gasteiger charge is -2.67. The first-order chi connectivity index (χ1) is 67.0. The molecule has 0 radical (unpaired) electrons. The van der Waals surface area contributed by atoms with Gasteiger partial charge in [0, 0.05) is 47.6 Å². The Morgan fingerprint density at radius 3 is 1.23 bits per heavy atom. The van der Waals surface area contributed by atoms with Crippen molar-refractivity contribution in [3.63, 3.8) is 0 Å². The van der Waals surface area contributed by atoms with Crippen molar-refractivity contribution in [2.45, 2.75) is 420 Å². The number of esters is 6. The number of carbonyl (C=O) groups excluding carboxylic acids is 10. The topological polar surface area (TPSA) is 503 Å². The van der Waals surface area contributed by atoms with Crippen LogP contribution in [0.1, 0.15) is 324 Å². The molecule has 1 aromatic carbocycles. The molecule has 2 spiro atoms. The quantitative estimate of drug-likeness (QED) is 0.00797. The molecule has 140 heavy (non-hydrogen) atoms. The SMILES string of the molecule is CCCCCCCCCCCCCCCC1OCC(COC(=O)OC2=C(C)[C@@H]3C[C@H]4OC(=O)C(OC(=O)CC5(O)CCCCC5)[C@H]5[C@]6(C(=O)OC)OC[C@]45[C@H]([C@@H](O)[C@@H]6O)[C@@]3(C)CC2=O)O1.CCCCCCCCCCCCCCCC1OCC(COC(=O)Oc2ccc([N+](=O)[O-])cc2)O1.COC(=O)[C@@]12OC[C@]34[C@H]([C@@H](O)[C@@H]1O)[C@@]1(C)CC(=O)C(O)=C(C)[C@@H]1C[C@H]3OC(=O)C(OC(=O)CC1(O)CCCCC1)[C@@H]24. The van der Waals surface area contributed by atoms with Crippen molar-refractivity contribution in [2.75, 3.05) is 53.9 Å². The fraction of sp³-hybridized carbons (Fsp3) is 0.808. The fourth-order valence-corrected chi connectivity index (χ4v) is 26.9. The van der Waals surface area contributed by atoms with Crippen LogP contribution in [-0.2, 0) is 109 Å². The normalized spacial score (nSPS) is 35.0. The first-order valence-electron chi connectivity index (χ1n) is 52.1. The van der Waals surface area contributed by atoms with Crippen LogP contribution < -0.4 is 4.74 Å². The number of rotatable bonds is 43. The summed E-state index contributed by atoms with van der Waals surface area (Å²) in [6.07, 6.45) is 24.5. The minimum absolute atomic E-state index is 0.0426. The predicted molar refractivity (Wildman–Crippen MR) is 496 cm³/mol. The van der Waals surface area contributed by atoms with E-state index in [4.69, 9.17) is 75.8 Å². The molecule has 15 rings (SSSR count). The van der Waals surface area contributed by atoms with Gasteiger partial charge < -0.3 is 112 Å².